The van der Waals surface area contributed by atoms with E-state index in [0.717, 1.165) is 7.28 Å². The summed E-state index contributed by atoms with van der Waals surface area (Å²) < 4.78 is 0. The van der Waals surface area contributed by atoms with Crippen molar-refractivity contribution >= 4 is 18.2 Å². The maximum Gasteiger partial charge on any atom is 0.196 e. The number of hydrogen-bond donors (Lipinski definition) is 1. The molecule has 0 radical (unpaired) electrons. The summed E-state index contributed by atoms with van der Waals surface area (Å²) in [7, 11) is 0.956. The molecule has 0 fully saturated rings. The van der Waals surface area contributed by atoms with E-state index >= 15 is 0 Å². The summed E-state index contributed by atoms with van der Waals surface area (Å²) in [5.41, 5.74) is 2.54. The van der Waals surface area contributed by atoms with Crippen LogP contribution in [0.2, 0.25) is 0 Å². The first-order valence-electron chi connectivity index (χ1n) is 3.97. The molecule has 2 rings (SSSR count). The number of nitrogens with zero attached hydrogens (tertiary/aromatic N) is 1. The minimum Gasteiger partial charge on any atom is -0.286 e. The van der Waals surface area contributed by atoms with Crippen molar-refractivity contribution in [3.05, 3.63) is 42.7 Å². The molecule has 0 atom stereocenters. The first-order chi connectivity index (χ1) is 5.95. The number of benzene rings is 1. The van der Waals surface area contributed by atoms with Crippen molar-refractivity contribution in [2.75, 3.05) is 0 Å². The van der Waals surface area contributed by atoms with Crippen LogP contribution < -0.4 is 10.9 Å². The van der Waals surface area contributed by atoms with E-state index in [1.807, 2.05) is 18.5 Å². The summed E-state index contributed by atoms with van der Waals surface area (Å²) in [6, 6.07) is 10.4. The monoisotopic (exact) mass is 156 g/mol. The molecule has 1 aromatic heterocycles. The summed E-state index contributed by atoms with van der Waals surface area (Å²) in [4.78, 5) is 0. The molecule has 0 aliphatic carbocycles. The highest BCUT2D eigenvalue weighted by Gasteiger charge is 1.97. The highest BCUT2D eigenvalue weighted by atomic mass is 15.1. The van der Waals surface area contributed by atoms with E-state index in [0.29, 0.717) is 0 Å². The van der Waals surface area contributed by atoms with Crippen molar-refractivity contribution in [1.29, 1.82) is 0 Å². The van der Waals surface area contributed by atoms with Crippen molar-refractivity contribution in [1.82, 2.24) is 10.2 Å². The summed E-state index contributed by atoms with van der Waals surface area (Å²) in [5.74, 6) is 0. The Hall–Kier alpha value is -1.51. The smallest absolute Gasteiger partial charge is 0.196 e. The zero-order valence-electron chi connectivity index (χ0n) is 6.70. The van der Waals surface area contributed by atoms with Gasteiger partial charge in [-0.15, -0.1) is 0 Å². The summed E-state index contributed by atoms with van der Waals surface area (Å²) >= 11 is 0. The first kappa shape index (κ1) is 7.16. The number of nitrogens with one attached hydrogen (secondary N) is 1. The van der Waals surface area contributed by atoms with Crippen LogP contribution in [0.5, 0.6) is 0 Å². The van der Waals surface area contributed by atoms with Crippen LogP contribution in [0, 0.1) is 0 Å². The molecule has 3 heteroatoms. The lowest BCUT2D eigenvalue weighted by molar-refractivity contribution is 1.09. The van der Waals surface area contributed by atoms with Crippen molar-refractivity contribution in [2.24, 2.45) is 0 Å². The summed E-state index contributed by atoms with van der Waals surface area (Å²) in [5, 5.41) is 6.69. The Kier molecular flexibility index (Phi) is 1.95. The molecule has 12 heavy (non-hydrogen) atoms. The predicted molar refractivity (Wildman–Crippen MR) is 51.4 cm³/mol. The Balaban J connectivity index is 2.15. The molecular formula is C9H9BN2. The van der Waals surface area contributed by atoms with E-state index in [2.05, 4.69) is 34.5 Å². The van der Waals surface area contributed by atoms with Gasteiger partial charge in [0.1, 0.15) is 0 Å². The summed E-state index contributed by atoms with van der Waals surface area (Å²) in [6.45, 7) is 0. The zero-order valence-corrected chi connectivity index (χ0v) is 6.70. The van der Waals surface area contributed by atoms with Crippen LogP contribution >= 0.6 is 0 Å². The molecule has 0 unspecified atom stereocenters. The molecule has 1 N–H and O–H groups in total. The van der Waals surface area contributed by atoms with Crippen LogP contribution in [0.3, 0.4) is 0 Å². The molecule has 2 nitrogen and oxygen atoms in total. The molecule has 1 aromatic carbocycles. The molecular weight excluding hydrogens is 147 g/mol. The van der Waals surface area contributed by atoms with Crippen molar-refractivity contribution < 1.29 is 0 Å². The molecule has 0 aliphatic rings. The average Bonchev–Trinajstić information content (AvgIpc) is 2.59. The third kappa shape index (κ3) is 1.56. The van der Waals surface area contributed by atoms with Gasteiger partial charge in [0.05, 0.1) is 0 Å². The van der Waals surface area contributed by atoms with Crippen LogP contribution in [0.4, 0.5) is 0 Å². The molecule has 2 aromatic rings. The van der Waals surface area contributed by atoms with E-state index < -0.39 is 0 Å². The van der Waals surface area contributed by atoms with Gasteiger partial charge in [-0.1, -0.05) is 35.8 Å². The van der Waals surface area contributed by atoms with Gasteiger partial charge in [0, 0.05) is 12.4 Å². The lowest BCUT2D eigenvalue weighted by atomic mass is 9.65. The van der Waals surface area contributed by atoms with Gasteiger partial charge in [-0.3, -0.25) is 5.10 Å². The molecule has 58 valence electrons. The fraction of sp³-hybridized carbons (Fsp3) is 0. The largest absolute Gasteiger partial charge is 0.286 e. The fourth-order valence-electron chi connectivity index (χ4n) is 1.21. The third-order valence-corrected chi connectivity index (χ3v) is 1.81. The number of hydrogen-bond acceptors (Lipinski definition) is 1. The Morgan fingerprint density at radius 2 is 1.92 bits per heavy atom. The molecule has 1 heterocycles. The van der Waals surface area contributed by atoms with Crippen LogP contribution in [0.25, 0.3) is 0 Å². The second-order valence-electron chi connectivity index (χ2n) is 2.77. The quantitative estimate of drug-likeness (QED) is 0.599. The summed E-state index contributed by atoms with van der Waals surface area (Å²) in [6.07, 6.45) is 3.78. The Morgan fingerprint density at radius 1 is 1.08 bits per heavy atom. The Morgan fingerprint density at radius 3 is 2.58 bits per heavy atom. The molecule has 0 amide bonds. The van der Waals surface area contributed by atoms with E-state index in [9.17, 15) is 0 Å². The predicted octanol–water partition coefficient (Wildman–Crippen LogP) is -0.203. The normalized spacial score (nSPS) is 9.67. The molecule has 0 bridgehead atoms. The zero-order chi connectivity index (χ0) is 8.23. The molecule has 0 aliphatic heterocycles. The van der Waals surface area contributed by atoms with E-state index in [1.54, 1.807) is 0 Å². The number of rotatable bonds is 2. The van der Waals surface area contributed by atoms with Gasteiger partial charge < -0.3 is 0 Å². The molecule has 0 spiro atoms. The minimum atomic E-state index is 0.956. The van der Waals surface area contributed by atoms with Gasteiger partial charge in [-0.25, -0.2) is 0 Å². The van der Waals surface area contributed by atoms with Gasteiger partial charge in [-0.2, -0.15) is 5.10 Å². The van der Waals surface area contributed by atoms with Gasteiger partial charge in [0.25, 0.3) is 0 Å². The number of H-pyrrole nitrogens is 1. The second-order valence-corrected chi connectivity index (χ2v) is 2.77. The minimum absolute atomic E-state index is 0.956. The SMILES string of the molecule is B(c1ccccc1)c1cn[nH]c1. The van der Waals surface area contributed by atoms with Crippen LogP contribution in [-0.2, 0) is 0 Å². The average molecular weight is 156 g/mol. The maximum atomic E-state index is 3.89. The lowest BCUT2D eigenvalue weighted by Crippen LogP contribution is -2.25. The fourth-order valence-corrected chi connectivity index (χ4v) is 1.21. The lowest BCUT2D eigenvalue weighted by Gasteiger charge is -1.93. The highest BCUT2D eigenvalue weighted by molar-refractivity contribution is 6.67. The van der Waals surface area contributed by atoms with E-state index in [4.69, 9.17) is 0 Å². The second kappa shape index (κ2) is 3.26. The van der Waals surface area contributed by atoms with Gasteiger partial charge >= 0.3 is 0 Å². The number of aromatic amines is 1. The third-order valence-electron chi connectivity index (χ3n) is 1.81. The van der Waals surface area contributed by atoms with Crippen LogP contribution in [-0.4, -0.2) is 17.5 Å². The van der Waals surface area contributed by atoms with Crippen LogP contribution in [0.1, 0.15) is 0 Å². The van der Waals surface area contributed by atoms with Crippen LogP contribution in [0.15, 0.2) is 42.7 Å². The molecule has 0 saturated heterocycles. The van der Waals surface area contributed by atoms with Gasteiger partial charge in [-0.05, 0) is 5.46 Å². The first-order valence-corrected chi connectivity index (χ1v) is 3.97. The number of aromatic nitrogens is 2. The van der Waals surface area contributed by atoms with Gasteiger partial charge in [0.2, 0.25) is 0 Å². The van der Waals surface area contributed by atoms with Gasteiger partial charge in [0.15, 0.2) is 7.28 Å². The van der Waals surface area contributed by atoms with Crippen molar-refractivity contribution in [3.63, 3.8) is 0 Å². The Bertz CT molecular complexity index is 329. The Labute approximate surface area is 71.9 Å². The maximum absolute atomic E-state index is 3.89. The van der Waals surface area contributed by atoms with E-state index in [-0.39, 0.29) is 0 Å². The molecule has 0 saturated carbocycles. The highest BCUT2D eigenvalue weighted by Crippen LogP contribution is 1.81. The van der Waals surface area contributed by atoms with E-state index in [1.165, 1.54) is 10.9 Å². The standard InChI is InChI=1S/C9H9BN2/c1-2-4-8(5-3-1)10-9-6-11-12-7-9/h1-7,10H,(H,11,12). The van der Waals surface area contributed by atoms with Crippen molar-refractivity contribution in [3.8, 4) is 0 Å². The topological polar surface area (TPSA) is 28.7 Å². The van der Waals surface area contributed by atoms with Crippen molar-refractivity contribution in [2.45, 2.75) is 0 Å².